The molecule has 1 aliphatic heterocycles. The maximum Gasteiger partial charge on any atom is 0.319 e. The van der Waals surface area contributed by atoms with E-state index in [1.165, 1.54) is 14.2 Å². The molecular weight excluding hydrogens is 442 g/mol. The molecule has 33 heavy (non-hydrogen) atoms. The minimum Gasteiger partial charge on any atom is -0.497 e. The molecule has 8 nitrogen and oxygen atoms in total. The lowest BCUT2D eigenvalue weighted by atomic mass is 9.78. The van der Waals surface area contributed by atoms with E-state index in [0.717, 1.165) is 17.3 Å². The minimum absolute atomic E-state index is 0.0541. The molecule has 2 atom stereocenters. The maximum atomic E-state index is 12.8. The Kier molecular flexibility index (Phi) is 7.74. The van der Waals surface area contributed by atoms with Crippen LogP contribution in [0, 0.1) is 24.2 Å². The fraction of sp³-hybridized carbons (Fsp3) is 0.250. The van der Waals surface area contributed by atoms with Gasteiger partial charge in [0.1, 0.15) is 11.7 Å². The SMILES string of the molecule is COC(=O)[C@@H]1C(=O)NC(SCC(=O)Nc2cccc(OC)c2)=C(C#N)[C@H]1c1ccc(C)cc1. The number of hydrogen-bond donors (Lipinski definition) is 2. The number of nitrogens with one attached hydrogen (secondary N) is 2. The van der Waals surface area contributed by atoms with Crippen molar-refractivity contribution < 1.29 is 23.9 Å². The van der Waals surface area contributed by atoms with Crippen LogP contribution in [0.15, 0.2) is 59.1 Å². The summed E-state index contributed by atoms with van der Waals surface area (Å²) in [7, 11) is 2.73. The Balaban J connectivity index is 1.86. The molecule has 0 aliphatic carbocycles. The molecule has 0 radical (unpaired) electrons. The smallest absolute Gasteiger partial charge is 0.319 e. The van der Waals surface area contributed by atoms with Crippen LogP contribution < -0.4 is 15.4 Å². The van der Waals surface area contributed by atoms with Crippen LogP contribution in [0.4, 0.5) is 5.69 Å². The molecule has 2 aromatic carbocycles. The summed E-state index contributed by atoms with van der Waals surface area (Å²) in [5, 5.41) is 15.5. The fourth-order valence-electron chi connectivity index (χ4n) is 3.49. The summed E-state index contributed by atoms with van der Waals surface area (Å²) in [5.41, 5.74) is 2.40. The van der Waals surface area contributed by atoms with Gasteiger partial charge < -0.3 is 20.1 Å². The van der Waals surface area contributed by atoms with E-state index < -0.39 is 23.7 Å². The number of thioether (sulfide) groups is 1. The van der Waals surface area contributed by atoms with Crippen LogP contribution in [-0.2, 0) is 19.1 Å². The van der Waals surface area contributed by atoms with Crippen molar-refractivity contribution in [1.29, 1.82) is 5.26 Å². The molecule has 0 aromatic heterocycles. The Morgan fingerprint density at radius 1 is 1.18 bits per heavy atom. The second-order valence-corrected chi connectivity index (χ2v) is 8.29. The van der Waals surface area contributed by atoms with Crippen molar-refractivity contribution in [2.45, 2.75) is 12.8 Å². The zero-order chi connectivity index (χ0) is 24.0. The summed E-state index contributed by atoms with van der Waals surface area (Å²) in [6, 6.07) is 16.3. The molecule has 170 valence electrons. The van der Waals surface area contributed by atoms with Gasteiger partial charge in [0, 0.05) is 17.7 Å². The first-order valence-corrected chi connectivity index (χ1v) is 11.0. The number of amides is 2. The third kappa shape index (κ3) is 5.54. The Labute approximate surface area is 195 Å². The summed E-state index contributed by atoms with van der Waals surface area (Å²) < 4.78 is 9.98. The highest BCUT2D eigenvalue weighted by Crippen LogP contribution is 2.40. The molecule has 0 saturated heterocycles. The lowest BCUT2D eigenvalue weighted by Gasteiger charge is -2.31. The van der Waals surface area contributed by atoms with Crippen LogP contribution in [0.5, 0.6) is 5.75 Å². The highest BCUT2D eigenvalue weighted by atomic mass is 32.2. The molecule has 0 fully saturated rings. The normalized spacial score (nSPS) is 17.6. The summed E-state index contributed by atoms with van der Waals surface area (Å²) in [4.78, 5) is 37.7. The Bertz CT molecular complexity index is 1140. The average molecular weight is 466 g/mol. The number of carbonyl (C=O) groups excluding carboxylic acids is 3. The van der Waals surface area contributed by atoms with Gasteiger partial charge in [-0.2, -0.15) is 5.26 Å². The number of rotatable bonds is 7. The molecule has 0 bridgehead atoms. The van der Waals surface area contributed by atoms with Gasteiger partial charge in [-0.1, -0.05) is 47.7 Å². The van der Waals surface area contributed by atoms with Gasteiger partial charge in [-0.05, 0) is 24.6 Å². The quantitative estimate of drug-likeness (QED) is 0.476. The third-order valence-corrected chi connectivity index (χ3v) is 6.14. The molecule has 2 amide bonds. The molecular formula is C24H23N3O5S. The number of allylic oxidation sites excluding steroid dienone is 1. The van der Waals surface area contributed by atoms with Crippen molar-refractivity contribution in [1.82, 2.24) is 5.32 Å². The number of aryl methyl sites for hydroxylation is 1. The first-order valence-electron chi connectivity index (χ1n) is 10.0. The van der Waals surface area contributed by atoms with Crippen LogP contribution in [0.25, 0.3) is 0 Å². The number of nitriles is 1. The van der Waals surface area contributed by atoms with Crippen molar-refractivity contribution in [3.63, 3.8) is 0 Å². The number of anilines is 1. The van der Waals surface area contributed by atoms with Crippen LogP contribution in [0.2, 0.25) is 0 Å². The molecule has 9 heteroatoms. The van der Waals surface area contributed by atoms with E-state index in [0.29, 0.717) is 17.0 Å². The summed E-state index contributed by atoms with van der Waals surface area (Å²) in [6.45, 7) is 1.92. The summed E-state index contributed by atoms with van der Waals surface area (Å²) in [6.07, 6.45) is 0. The molecule has 1 heterocycles. The number of esters is 1. The first kappa shape index (κ1) is 23.9. The van der Waals surface area contributed by atoms with Gasteiger partial charge in [0.2, 0.25) is 11.8 Å². The van der Waals surface area contributed by atoms with Crippen LogP contribution in [-0.4, -0.2) is 37.8 Å². The Morgan fingerprint density at radius 2 is 1.91 bits per heavy atom. The van der Waals surface area contributed by atoms with Gasteiger partial charge in [0.05, 0.1) is 36.6 Å². The van der Waals surface area contributed by atoms with E-state index in [2.05, 4.69) is 16.7 Å². The second kappa shape index (κ2) is 10.7. The van der Waals surface area contributed by atoms with Crippen LogP contribution in [0.1, 0.15) is 17.0 Å². The van der Waals surface area contributed by atoms with Gasteiger partial charge in [-0.15, -0.1) is 0 Å². The van der Waals surface area contributed by atoms with Gasteiger partial charge in [0.25, 0.3) is 0 Å². The van der Waals surface area contributed by atoms with E-state index in [1.54, 1.807) is 36.4 Å². The summed E-state index contributed by atoms with van der Waals surface area (Å²) >= 11 is 1.02. The predicted molar refractivity (Wildman–Crippen MR) is 124 cm³/mol. The zero-order valence-corrected chi connectivity index (χ0v) is 19.2. The number of methoxy groups -OCH3 is 2. The van der Waals surface area contributed by atoms with Gasteiger partial charge in [0.15, 0.2) is 0 Å². The number of benzene rings is 2. The van der Waals surface area contributed by atoms with E-state index in [4.69, 9.17) is 9.47 Å². The lowest BCUT2D eigenvalue weighted by molar-refractivity contribution is -0.150. The minimum atomic E-state index is -1.21. The highest BCUT2D eigenvalue weighted by Gasteiger charge is 2.44. The number of hydrogen-bond acceptors (Lipinski definition) is 7. The number of nitrogens with zero attached hydrogens (tertiary/aromatic N) is 1. The predicted octanol–water partition coefficient (Wildman–Crippen LogP) is 3.11. The van der Waals surface area contributed by atoms with Gasteiger partial charge in [-0.25, -0.2) is 0 Å². The highest BCUT2D eigenvalue weighted by molar-refractivity contribution is 8.03. The van der Waals surface area contributed by atoms with E-state index >= 15 is 0 Å². The van der Waals surface area contributed by atoms with Crippen molar-refractivity contribution in [3.8, 4) is 11.8 Å². The Morgan fingerprint density at radius 3 is 2.55 bits per heavy atom. The van der Waals surface area contributed by atoms with Gasteiger partial charge in [-0.3, -0.25) is 14.4 Å². The number of ether oxygens (including phenoxy) is 2. The number of carbonyl (C=O) groups is 3. The summed E-state index contributed by atoms with van der Waals surface area (Å²) in [5.74, 6) is -3.11. The van der Waals surface area contributed by atoms with Crippen molar-refractivity contribution >= 4 is 35.2 Å². The standard InChI is InChI=1S/C24H23N3O5S/c1-14-7-9-15(10-8-14)20-18(12-25)23(27-22(29)21(20)24(30)32-3)33-13-19(28)26-16-5-4-6-17(11-16)31-2/h4-11,20-21H,13H2,1-3H3,(H,26,28)(H,27,29)/t20-,21+/m1/s1. The van der Waals surface area contributed by atoms with E-state index in [9.17, 15) is 19.6 Å². The molecule has 3 rings (SSSR count). The monoisotopic (exact) mass is 465 g/mol. The largest absolute Gasteiger partial charge is 0.497 e. The van der Waals surface area contributed by atoms with E-state index in [1.807, 2.05) is 19.1 Å². The third-order valence-electron chi connectivity index (χ3n) is 5.12. The Hall–Kier alpha value is -3.77. The first-order chi connectivity index (χ1) is 15.9. The van der Waals surface area contributed by atoms with Gasteiger partial charge >= 0.3 is 5.97 Å². The van der Waals surface area contributed by atoms with Crippen molar-refractivity contribution in [2.75, 3.05) is 25.3 Å². The van der Waals surface area contributed by atoms with Crippen LogP contribution in [0.3, 0.4) is 0 Å². The molecule has 2 N–H and O–H groups in total. The molecule has 1 aliphatic rings. The van der Waals surface area contributed by atoms with Crippen molar-refractivity contribution in [3.05, 3.63) is 70.3 Å². The zero-order valence-electron chi connectivity index (χ0n) is 18.4. The topological polar surface area (TPSA) is 118 Å². The molecule has 0 unspecified atom stereocenters. The van der Waals surface area contributed by atoms with E-state index in [-0.39, 0.29) is 22.3 Å². The maximum absolute atomic E-state index is 12.8. The lowest BCUT2D eigenvalue weighted by Crippen LogP contribution is -2.44. The van der Waals surface area contributed by atoms with Crippen molar-refractivity contribution in [2.24, 2.45) is 5.92 Å². The molecule has 0 spiro atoms. The molecule has 2 aromatic rings. The second-order valence-electron chi connectivity index (χ2n) is 7.30. The van der Waals surface area contributed by atoms with Crippen LogP contribution >= 0.6 is 11.8 Å². The molecule has 0 saturated carbocycles. The average Bonchev–Trinajstić information content (AvgIpc) is 2.82. The fourth-order valence-corrected chi connectivity index (χ4v) is 4.34.